The quantitative estimate of drug-likeness (QED) is 0.623. The Morgan fingerprint density at radius 2 is 1.68 bits per heavy atom. The summed E-state index contributed by atoms with van der Waals surface area (Å²) in [5, 5.41) is 1.30. The molecule has 116 valence electrons. The molecular formula is C16H19N3O2S. The average Bonchev–Trinajstić information content (AvgIpc) is 2.52. The van der Waals surface area contributed by atoms with Gasteiger partial charge >= 0.3 is 5.69 Å². The number of pyridine rings is 1. The highest BCUT2D eigenvalue weighted by molar-refractivity contribution is 7.98. The van der Waals surface area contributed by atoms with Gasteiger partial charge in [0.15, 0.2) is 5.65 Å². The van der Waals surface area contributed by atoms with Crippen molar-refractivity contribution in [1.82, 2.24) is 14.1 Å². The van der Waals surface area contributed by atoms with Crippen LogP contribution in [0.4, 0.5) is 0 Å². The Balaban J connectivity index is 3.13. The van der Waals surface area contributed by atoms with Gasteiger partial charge in [-0.3, -0.25) is 13.9 Å². The third-order valence-electron chi connectivity index (χ3n) is 3.66. The summed E-state index contributed by atoms with van der Waals surface area (Å²) in [6.07, 6.45) is 6.65. The van der Waals surface area contributed by atoms with E-state index in [9.17, 15) is 9.59 Å². The van der Waals surface area contributed by atoms with Crippen molar-refractivity contribution >= 4 is 22.8 Å². The maximum Gasteiger partial charge on any atom is 0.332 e. The highest BCUT2D eigenvalue weighted by Crippen LogP contribution is 2.27. The summed E-state index contributed by atoms with van der Waals surface area (Å²) < 4.78 is 2.54. The van der Waals surface area contributed by atoms with Gasteiger partial charge in [0, 0.05) is 14.1 Å². The van der Waals surface area contributed by atoms with Crippen molar-refractivity contribution in [2.24, 2.45) is 14.1 Å². The largest absolute Gasteiger partial charge is 0.332 e. The number of aromatic nitrogens is 3. The second-order valence-electron chi connectivity index (χ2n) is 4.97. The zero-order valence-electron chi connectivity index (χ0n) is 13.0. The summed E-state index contributed by atoms with van der Waals surface area (Å²) in [5.74, 6) is 0. The highest BCUT2D eigenvalue weighted by Gasteiger charge is 2.19. The van der Waals surface area contributed by atoms with Crippen molar-refractivity contribution in [2.75, 3.05) is 6.26 Å². The minimum Gasteiger partial charge on any atom is -0.280 e. The molecule has 0 aliphatic heterocycles. The Hall–Kier alpha value is -2.08. The topological polar surface area (TPSA) is 56.9 Å². The molecule has 2 aromatic rings. The van der Waals surface area contributed by atoms with Crippen molar-refractivity contribution in [3.8, 4) is 0 Å². The SMILES string of the molecule is C=CCc1c(SC)nc2c(c1CC=C)c(=O)n(C)c(=O)n2C. The molecule has 0 amide bonds. The van der Waals surface area contributed by atoms with E-state index < -0.39 is 0 Å². The van der Waals surface area contributed by atoms with Gasteiger partial charge in [-0.2, -0.15) is 0 Å². The Kier molecular flexibility index (Phi) is 4.71. The van der Waals surface area contributed by atoms with E-state index in [2.05, 4.69) is 18.1 Å². The zero-order valence-corrected chi connectivity index (χ0v) is 13.9. The van der Waals surface area contributed by atoms with Crippen LogP contribution in [0.15, 0.2) is 39.9 Å². The second kappa shape index (κ2) is 6.36. The van der Waals surface area contributed by atoms with E-state index >= 15 is 0 Å². The third-order valence-corrected chi connectivity index (χ3v) is 4.38. The molecule has 0 bridgehead atoms. The predicted octanol–water partition coefficient (Wildman–Crippen LogP) is 1.81. The number of nitrogens with zero attached hydrogens (tertiary/aromatic N) is 3. The number of aryl methyl sites for hydroxylation is 1. The summed E-state index contributed by atoms with van der Waals surface area (Å²) in [6.45, 7) is 7.56. The number of rotatable bonds is 5. The van der Waals surface area contributed by atoms with Crippen LogP contribution in [0.5, 0.6) is 0 Å². The molecular weight excluding hydrogens is 298 g/mol. The monoisotopic (exact) mass is 317 g/mol. The van der Waals surface area contributed by atoms with E-state index in [1.165, 1.54) is 23.4 Å². The van der Waals surface area contributed by atoms with Crippen LogP contribution in [-0.4, -0.2) is 20.4 Å². The fourth-order valence-corrected chi connectivity index (χ4v) is 3.20. The van der Waals surface area contributed by atoms with E-state index in [1.807, 2.05) is 6.26 Å². The van der Waals surface area contributed by atoms with E-state index in [4.69, 9.17) is 0 Å². The number of hydrogen-bond acceptors (Lipinski definition) is 4. The van der Waals surface area contributed by atoms with E-state index in [-0.39, 0.29) is 11.2 Å². The van der Waals surface area contributed by atoms with Gasteiger partial charge in [-0.05, 0) is 30.2 Å². The first kappa shape index (κ1) is 16.3. The minimum absolute atomic E-state index is 0.319. The van der Waals surface area contributed by atoms with Gasteiger partial charge in [0.2, 0.25) is 0 Å². The first-order valence-corrected chi connectivity index (χ1v) is 8.07. The first-order valence-electron chi connectivity index (χ1n) is 6.85. The Morgan fingerprint density at radius 3 is 2.23 bits per heavy atom. The molecule has 2 rings (SSSR count). The van der Waals surface area contributed by atoms with Gasteiger partial charge in [-0.15, -0.1) is 24.9 Å². The molecule has 0 atom stereocenters. The Labute approximate surface area is 133 Å². The molecule has 5 nitrogen and oxygen atoms in total. The average molecular weight is 317 g/mol. The standard InChI is InChI=1S/C16H19N3O2S/c1-6-8-10-11(9-7-2)14(22-5)17-13-12(10)15(20)19(4)16(21)18(13)3/h6-7H,1-2,8-9H2,3-5H3. The lowest BCUT2D eigenvalue weighted by atomic mass is 10.0. The molecule has 0 unspecified atom stereocenters. The van der Waals surface area contributed by atoms with Crippen LogP contribution >= 0.6 is 11.8 Å². The minimum atomic E-state index is -0.377. The molecule has 0 saturated carbocycles. The van der Waals surface area contributed by atoms with Crippen molar-refractivity contribution in [2.45, 2.75) is 17.9 Å². The molecule has 0 N–H and O–H groups in total. The molecule has 0 aliphatic carbocycles. The zero-order chi connectivity index (χ0) is 16.4. The van der Waals surface area contributed by atoms with Gasteiger partial charge in [0.1, 0.15) is 5.03 Å². The molecule has 0 fully saturated rings. The molecule has 22 heavy (non-hydrogen) atoms. The number of allylic oxidation sites excluding steroid dienone is 2. The number of hydrogen-bond donors (Lipinski definition) is 0. The molecule has 0 spiro atoms. The lowest BCUT2D eigenvalue weighted by molar-refractivity contribution is 0.702. The van der Waals surface area contributed by atoms with Crippen LogP contribution in [0.1, 0.15) is 11.1 Å². The van der Waals surface area contributed by atoms with Gasteiger partial charge in [-0.25, -0.2) is 9.78 Å². The maximum absolute atomic E-state index is 12.6. The van der Waals surface area contributed by atoms with Gasteiger partial charge in [-0.1, -0.05) is 12.2 Å². The lowest BCUT2D eigenvalue weighted by Gasteiger charge is -2.16. The second-order valence-corrected chi connectivity index (χ2v) is 5.76. The summed E-state index contributed by atoms with van der Waals surface area (Å²) in [4.78, 5) is 29.3. The summed E-state index contributed by atoms with van der Waals surface area (Å²) in [5.41, 5.74) is 1.58. The molecule has 0 radical (unpaired) electrons. The van der Waals surface area contributed by atoms with Crippen molar-refractivity contribution < 1.29 is 0 Å². The fourth-order valence-electron chi connectivity index (χ4n) is 2.57. The Morgan fingerprint density at radius 1 is 1.09 bits per heavy atom. The number of thioether (sulfide) groups is 1. The van der Waals surface area contributed by atoms with Crippen molar-refractivity contribution in [3.05, 3.63) is 57.3 Å². The van der Waals surface area contributed by atoms with E-state index in [1.54, 1.807) is 19.2 Å². The molecule has 6 heteroatoms. The van der Waals surface area contributed by atoms with E-state index in [0.29, 0.717) is 23.9 Å². The smallest absolute Gasteiger partial charge is 0.280 e. The van der Waals surface area contributed by atoms with Crippen LogP contribution in [0.3, 0.4) is 0 Å². The van der Waals surface area contributed by atoms with Crippen LogP contribution in [0, 0.1) is 0 Å². The highest BCUT2D eigenvalue weighted by atomic mass is 32.2. The van der Waals surface area contributed by atoms with Crippen LogP contribution in [0.2, 0.25) is 0 Å². The molecule has 0 aromatic carbocycles. The third kappa shape index (κ3) is 2.43. The van der Waals surface area contributed by atoms with Crippen LogP contribution < -0.4 is 11.2 Å². The lowest BCUT2D eigenvalue weighted by Crippen LogP contribution is -2.38. The van der Waals surface area contributed by atoms with Crippen molar-refractivity contribution in [3.63, 3.8) is 0 Å². The van der Waals surface area contributed by atoms with Crippen molar-refractivity contribution in [1.29, 1.82) is 0 Å². The number of fused-ring (bicyclic) bond motifs is 1. The Bertz CT molecular complexity index is 878. The first-order chi connectivity index (χ1) is 10.5. The molecule has 2 aromatic heterocycles. The fraction of sp³-hybridized carbons (Fsp3) is 0.312. The molecule has 0 aliphatic rings. The van der Waals surface area contributed by atoms with Gasteiger partial charge in [0.05, 0.1) is 5.39 Å². The molecule has 0 saturated heterocycles. The van der Waals surface area contributed by atoms with Crippen LogP contribution in [-0.2, 0) is 26.9 Å². The van der Waals surface area contributed by atoms with Gasteiger partial charge < -0.3 is 0 Å². The maximum atomic E-state index is 12.6. The summed E-state index contributed by atoms with van der Waals surface area (Å²) in [7, 11) is 3.11. The van der Waals surface area contributed by atoms with Crippen LogP contribution in [0.25, 0.3) is 11.0 Å². The summed E-state index contributed by atoms with van der Waals surface area (Å²) >= 11 is 1.50. The normalized spacial score (nSPS) is 10.9. The molecule has 2 heterocycles. The van der Waals surface area contributed by atoms with E-state index in [0.717, 1.165) is 20.7 Å². The summed E-state index contributed by atoms with van der Waals surface area (Å²) in [6, 6.07) is 0. The predicted molar refractivity (Wildman–Crippen MR) is 91.8 cm³/mol. The van der Waals surface area contributed by atoms with Gasteiger partial charge in [0.25, 0.3) is 5.56 Å².